The van der Waals surface area contributed by atoms with Gasteiger partial charge in [-0.25, -0.2) is 19.2 Å². The van der Waals surface area contributed by atoms with Crippen LogP contribution in [0.4, 0.5) is 9.59 Å². The van der Waals surface area contributed by atoms with Gasteiger partial charge in [-0.3, -0.25) is 0 Å². The molecule has 48 heavy (non-hydrogen) atoms. The van der Waals surface area contributed by atoms with Crippen LogP contribution in [0.1, 0.15) is 52.7 Å². The van der Waals surface area contributed by atoms with Crippen LogP contribution in [0.25, 0.3) is 0 Å². The second kappa shape index (κ2) is 16.5. The summed E-state index contributed by atoms with van der Waals surface area (Å²) in [6.07, 6.45) is -1.01. The summed E-state index contributed by atoms with van der Waals surface area (Å²) in [6.45, 7) is 10.4. The zero-order valence-electron chi connectivity index (χ0n) is 28.6. The van der Waals surface area contributed by atoms with Crippen molar-refractivity contribution in [1.29, 1.82) is 0 Å². The first-order valence-corrected chi connectivity index (χ1v) is 15.3. The lowest BCUT2D eigenvalue weighted by atomic mass is 10.1. The van der Waals surface area contributed by atoms with Gasteiger partial charge in [0.05, 0.1) is 14.2 Å². The van der Waals surface area contributed by atoms with Crippen LogP contribution < -0.4 is 20.1 Å². The van der Waals surface area contributed by atoms with Crippen LogP contribution in [0.3, 0.4) is 0 Å². The molecule has 0 aliphatic heterocycles. The van der Waals surface area contributed by atoms with Crippen LogP contribution >= 0.6 is 0 Å². The Bertz CT molecular complexity index is 1410. The summed E-state index contributed by atoms with van der Waals surface area (Å²) in [5.74, 6) is 1.14. The molecule has 2 atom stereocenters. The normalized spacial score (nSPS) is 12.5. The Balaban J connectivity index is 1.55. The molecule has 0 fully saturated rings. The van der Waals surface area contributed by atoms with Crippen LogP contribution in [-0.4, -0.2) is 61.6 Å². The summed E-state index contributed by atoms with van der Waals surface area (Å²) in [7, 11) is 2.52. The first-order valence-electron chi connectivity index (χ1n) is 15.3. The Hall–Kier alpha value is -5.26. The zero-order chi connectivity index (χ0) is 35.5. The molecule has 0 aliphatic rings. The average Bonchev–Trinajstić information content (AvgIpc) is 3.00. The highest BCUT2D eigenvalue weighted by Gasteiger charge is 2.26. The number of methoxy groups -OCH3 is 2. The second-order valence-corrected chi connectivity index (χ2v) is 12.8. The van der Waals surface area contributed by atoms with Crippen molar-refractivity contribution in [2.45, 2.75) is 77.7 Å². The quantitative estimate of drug-likeness (QED) is 0.163. The summed E-state index contributed by atoms with van der Waals surface area (Å²) >= 11 is 0. The van der Waals surface area contributed by atoms with E-state index in [0.29, 0.717) is 23.0 Å². The highest BCUT2D eigenvalue weighted by molar-refractivity contribution is 5.82. The molecule has 3 aromatic rings. The number of nitrogens with one attached hydrogen (secondary N) is 2. The maximum atomic E-state index is 12.3. The van der Waals surface area contributed by atoms with Gasteiger partial charge in [0.2, 0.25) is 0 Å². The van der Waals surface area contributed by atoms with Gasteiger partial charge < -0.3 is 39.1 Å². The van der Waals surface area contributed by atoms with Crippen molar-refractivity contribution in [3.63, 3.8) is 0 Å². The van der Waals surface area contributed by atoms with Crippen molar-refractivity contribution < 1.29 is 47.6 Å². The van der Waals surface area contributed by atoms with Gasteiger partial charge in [-0.05, 0) is 101 Å². The van der Waals surface area contributed by atoms with E-state index in [4.69, 9.17) is 28.4 Å². The maximum absolute atomic E-state index is 12.3. The fourth-order valence-corrected chi connectivity index (χ4v) is 4.28. The Morgan fingerprint density at radius 3 is 1.04 bits per heavy atom. The predicted octanol–water partition coefficient (Wildman–Crippen LogP) is 6.49. The van der Waals surface area contributed by atoms with E-state index in [2.05, 4.69) is 10.6 Å². The molecule has 2 unspecified atom stereocenters. The Morgan fingerprint density at radius 1 is 0.521 bits per heavy atom. The van der Waals surface area contributed by atoms with Gasteiger partial charge in [0.25, 0.3) is 0 Å². The highest BCUT2D eigenvalue weighted by Crippen LogP contribution is 2.27. The molecular weight excluding hydrogens is 620 g/mol. The summed E-state index contributed by atoms with van der Waals surface area (Å²) in [4.78, 5) is 48.9. The van der Waals surface area contributed by atoms with E-state index in [9.17, 15) is 19.2 Å². The number of amides is 2. The van der Waals surface area contributed by atoms with Crippen molar-refractivity contribution >= 4 is 24.1 Å². The van der Waals surface area contributed by atoms with E-state index in [1.54, 1.807) is 114 Å². The van der Waals surface area contributed by atoms with Gasteiger partial charge in [-0.15, -0.1) is 0 Å². The molecule has 2 N–H and O–H groups in total. The molecule has 0 aliphatic carbocycles. The summed E-state index contributed by atoms with van der Waals surface area (Å²) in [5.41, 5.74) is 0.151. The molecule has 2 amide bonds. The molecule has 3 aromatic carbocycles. The number of hydrogen-bond donors (Lipinski definition) is 2. The molecule has 12 nitrogen and oxygen atoms in total. The molecule has 0 aromatic heterocycles. The van der Waals surface area contributed by atoms with E-state index < -0.39 is 47.4 Å². The van der Waals surface area contributed by atoms with Gasteiger partial charge in [0.1, 0.15) is 46.3 Å². The van der Waals surface area contributed by atoms with Crippen LogP contribution in [0, 0.1) is 0 Å². The molecule has 258 valence electrons. The lowest BCUT2D eigenvalue weighted by Gasteiger charge is -2.22. The Labute approximate surface area is 281 Å². The minimum Gasteiger partial charge on any atom is -0.467 e. The highest BCUT2D eigenvalue weighted by atomic mass is 16.6. The number of carbonyl (C=O) groups excluding carboxylic acids is 4. The number of benzene rings is 3. The maximum Gasteiger partial charge on any atom is 0.408 e. The van der Waals surface area contributed by atoms with E-state index in [1.807, 2.05) is 0 Å². The number of alkyl carbamates (subject to hydrolysis) is 2. The fourth-order valence-electron chi connectivity index (χ4n) is 4.28. The molecule has 3 rings (SSSR count). The SMILES string of the molecule is COC(=O)C(Cc1ccc(Oc2ccc(Oc3ccc(CC(NC(=O)OC(C)(C)C)C(=O)OC)cc3)cc2)cc1)NC(=O)OC(C)(C)C. The fraction of sp³-hybridized carbons (Fsp3) is 0.389. The van der Waals surface area contributed by atoms with Crippen LogP contribution in [0.5, 0.6) is 23.0 Å². The van der Waals surface area contributed by atoms with Crippen molar-refractivity contribution in [2.24, 2.45) is 0 Å². The minimum atomic E-state index is -0.918. The number of rotatable bonds is 12. The van der Waals surface area contributed by atoms with Crippen LogP contribution in [0.15, 0.2) is 72.8 Å². The van der Waals surface area contributed by atoms with Gasteiger partial charge in [0.15, 0.2) is 0 Å². The number of ether oxygens (including phenoxy) is 6. The first kappa shape index (κ1) is 37.2. The lowest BCUT2D eigenvalue weighted by Crippen LogP contribution is -2.45. The molecule has 12 heteroatoms. The Morgan fingerprint density at radius 2 is 0.792 bits per heavy atom. The first-order chi connectivity index (χ1) is 22.5. The molecule has 0 spiro atoms. The molecule has 0 heterocycles. The molecule has 0 saturated heterocycles. The third kappa shape index (κ3) is 12.9. The number of carbonyl (C=O) groups is 4. The lowest BCUT2D eigenvalue weighted by molar-refractivity contribution is -0.143. The minimum absolute atomic E-state index is 0.202. The van der Waals surface area contributed by atoms with Crippen molar-refractivity contribution in [1.82, 2.24) is 10.6 Å². The molecule has 0 radical (unpaired) electrons. The number of hydrogen-bond acceptors (Lipinski definition) is 10. The second-order valence-electron chi connectivity index (χ2n) is 12.8. The van der Waals surface area contributed by atoms with E-state index in [1.165, 1.54) is 14.2 Å². The van der Waals surface area contributed by atoms with E-state index in [-0.39, 0.29) is 12.8 Å². The van der Waals surface area contributed by atoms with Crippen molar-refractivity contribution in [2.75, 3.05) is 14.2 Å². The standard InChI is InChI=1S/C36H44N2O10/c1-35(2,3)47-33(41)37-29(31(39)43-7)21-23-9-13-25(14-10-23)45-27-17-19-28(20-18-27)46-26-15-11-24(12-16-26)22-30(32(40)44-8)38-34(42)48-36(4,5)6/h9-20,29-30H,21-22H2,1-8H3,(H,37,41)(H,38,42). The summed E-state index contributed by atoms with van der Waals surface area (Å²) in [6, 6.07) is 19.4. The van der Waals surface area contributed by atoms with Gasteiger partial charge >= 0.3 is 24.1 Å². The molecular formula is C36H44N2O10. The summed E-state index contributed by atoms with van der Waals surface area (Å²) in [5, 5.41) is 5.13. The largest absolute Gasteiger partial charge is 0.467 e. The van der Waals surface area contributed by atoms with Crippen LogP contribution in [-0.2, 0) is 41.4 Å². The van der Waals surface area contributed by atoms with Gasteiger partial charge in [-0.2, -0.15) is 0 Å². The smallest absolute Gasteiger partial charge is 0.408 e. The summed E-state index contributed by atoms with van der Waals surface area (Å²) < 4.78 is 32.1. The topological polar surface area (TPSA) is 148 Å². The van der Waals surface area contributed by atoms with Crippen LogP contribution in [0.2, 0.25) is 0 Å². The third-order valence-corrected chi connectivity index (χ3v) is 6.37. The zero-order valence-corrected chi connectivity index (χ0v) is 28.6. The third-order valence-electron chi connectivity index (χ3n) is 6.37. The predicted molar refractivity (Wildman–Crippen MR) is 177 cm³/mol. The van der Waals surface area contributed by atoms with Gasteiger partial charge in [0, 0.05) is 12.8 Å². The monoisotopic (exact) mass is 664 g/mol. The molecule has 0 bridgehead atoms. The molecule has 0 saturated carbocycles. The van der Waals surface area contributed by atoms with Crippen molar-refractivity contribution in [3.8, 4) is 23.0 Å². The van der Waals surface area contributed by atoms with E-state index in [0.717, 1.165) is 11.1 Å². The number of esters is 2. The van der Waals surface area contributed by atoms with Gasteiger partial charge in [-0.1, -0.05) is 24.3 Å². The average molecular weight is 665 g/mol. The van der Waals surface area contributed by atoms with Crippen molar-refractivity contribution in [3.05, 3.63) is 83.9 Å². The Kier molecular flexibility index (Phi) is 12.8. The van der Waals surface area contributed by atoms with E-state index >= 15 is 0 Å².